The van der Waals surface area contributed by atoms with E-state index in [1.165, 1.54) is 0 Å². The van der Waals surface area contributed by atoms with Gasteiger partial charge in [0.1, 0.15) is 11.0 Å². The van der Waals surface area contributed by atoms with Crippen LogP contribution >= 0.6 is 11.7 Å². The largest absolute Gasteiger partial charge is 0.243 e. The van der Waals surface area contributed by atoms with Gasteiger partial charge >= 0.3 is 0 Å². The Labute approximate surface area is 128 Å². The Morgan fingerprint density at radius 3 is 2.09 bits per heavy atom. The molecule has 0 amide bonds. The maximum absolute atomic E-state index is 4.78. The van der Waals surface area contributed by atoms with Crippen LogP contribution in [0.2, 0.25) is 0 Å². The third-order valence-corrected chi connectivity index (χ3v) is 3.98. The standard InChI is InChI=1S/C12H10N8OS/c1-5-9-11(18-21-17-9)7(15-13-5)3-4-8-12-10(19-22-20-12)6(2)14-16-8/h3-4H2,1-2H3. The van der Waals surface area contributed by atoms with Gasteiger partial charge in [-0.25, -0.2) is 4.63 Å². The molecule has 0 bridgehead atoms. The average Bonchev–Trinajstić information content (AvgIpc) is 3.18. The zero-order valence-electron chi connectivity index (χ0n) is 11.8. The topological polar surface area (TPSA) is 116 Å². The van der Waals surface area contributed by atoms with Gasteiger partial charge in [-0.1, -0.05) is 0 Å². The van der Waals surface area contributed by atoms with E-state index in [-0.39, 0.29) is 0 Å². The lowest BCUT2D eigenvalue weighted by Gasteiger charge is -2.02. The molecule has 4 aromatic heterocycles. The van der Waals surface area contributed by atoms with Gasteiger partial charge < -0.3 is 0 Å². The summed E-state index contributed by atoms with van der Waals surface area (Å²) in [6.45, 7) is 3.69. The zero-order chi connectivity index (χ0) is 15.1. The van der Waals surface area contributed by atoms with E-state index in [1.807, 2.05) is 13.8 Å². The van der Waals surface area contributed by atoms with Gasteiger partial charge in [0.05, 0.1) is 34.5 Å². The van der Waals surface area contributed by atoms with E-state index >= 15 is 0 Å². The lowest BCUT2D eigenvalue weighted by molar-refractivity contribution is 0.315. The Bertz CT molecular complexity index is 898. The summed E-state index contributed by atoms with van der Waals surface area (Å²) >= 11 is 1.16. The van der Waals surface area contributed by atoms with E-state index < -0.39 is 0 Å². The Morgan fingerprint density at radius 1 is 0.727 bits per heavy atom. The summed E-state index contributed by atoms with van der Waals surface area (Å²) in [7, 11) is 0. The number of rotatable bonds is 3. The van der Waals surface area contributed by atoms with Gasteiger partial charge in [0, 0.05) is 0 Å². The van der Waals surface area contributed by atoms with E-state index in [4.69, 9.17) is 4.63 Å². The number of fused-ring (bicyclic) bond motifs is 2. The number of hydrogen-bond acceptors (Lipinski definition) is 10. The molecule has 0 saturated heterocycles. The number of aromatic nitrogens is 8. The van der Waals surface area contributed by atoms with E-state index in [9.17, 15) is 0 Å². The van der Waals surface area contributed by atoms with Crippen LogP contribution in [0, 0.1) is 13.8 Å². The fraction of sp³-hybridized carbons (Fsp3) is 0.333. The highest BCUT2D eigenvalue weighted by Crippen LogP contribution is 2.20. The molecule has 10 heteroatoms. The summed E-state index contributed by atoms with van der Waals surface area (Å²) < 4.78 is 13.3. The second-order valence-electron chi connectivity index (χ2n) is 4.89. The van der Waals surface area contributed by atoms with Crippen LogP contribution in [0.25, 0.3) is 22.1 Å². The number of nitrogens with zero attached hydrogens (tertiary/aromatic N) is 8. The van der Waals surface area contributed by atoms with Crippen LogP contribution in [0.4, 0.5) is 0 Å². The maximum atomic E-state index is 4.78. The molecule has 0 N–H and O–H groups in total. The van der Waals surface area contributed by atoms with Gasteiger partial charge in [0.25, 0.3) is 0 Å². The number of aryl methyl sites for hydroxylation is 4. The van der Waals surface area contributed by atoms with Crippen molar-refractivity contribution < 1.29 is 4.63 Å². The highest BCUT2D eigenvalue weighted by Gasteiger charge is 2.15. The first-order chi connectivity index (χ1) is 10.7. The van der Waals surface area contributed by atoms with Crippen molar-refractivity contribution in [3.63, 3.8) is 0 Å². The van der Waals surface area contributed by atoms with Crippen LogP contribution in [0.3, 0.4) is 0 Å². The summed E-state index contributed by atoms with van der Waals surface area (Å²) in [6, 6.07) is 0. The lowest BCUT2D eigenvalue weighted by atomic mass is 10.1. The lowest BCUT2D eigenvalue weighted by Crippen LogP contribution is -2.03. The normalized spacial score (nSPS) is 11.5. The second-order valence-corrected chi connectivity index (χ2v) is 5.42. The molecule has 0 aliphatic heterocycles. The van der Waals surface area contributed by atoms with E-state index in [2.05, 4.69) is 39.5 Å². The Morgan fingerprint density at radius 2 is 1.32 bits per heavy atom. The zero-order valence-corrected chi connectivity index (χ0v) is 12.6. The third-order valence-electron chi connectivity index (χ3n) is 3.45. The van der Waals surface area contributed by atoms with Crippen molar-refractivity contribution in [2.75, 3.05) is 0 Å². The van der Waals surface area contributed by atoms with Crippen LogP contribution in [0.1, 0.15) is 22.8 Å². The van der Waals surface area contributed by atoms with Crippen molar-refractivity contribution in [3.8, 4) is 0 Å². The first-order valence-electron chi connectivity index (χ1n) is 6.63. The summed E-state index contributed by atoms with van der Waals surface area (Å²) in [6.07, 6.45) is 1.22. The van der Waals surface area contributed by atoms with Crippen molar-refractivity contribution in [1.82, 2.24) is 39.5 Å². The first kappa shape index (κ1) is 13.1. The summed E-state index contributed by atoms with van der Waals surface area (Å²) in [5.41, 5.74) is 5.87. The maximum Gasteiger partial charge on any atom is 0.160 e. The van der Waals surface area contributed by atoms with Gasteiger partial charge in [-0.15, -0.1) is 0 Å². The second kappa shape index (κ2) is 4.98. The van der Waals surface area contributed by atoms with Crippen LogP contribution in [0.5, 0.6) is 0 Å². The van der Waals surface area contributed by atoms with Crippen molar-refractivity contribution >= 4 is 33.8 Å². The van der Waals surface area contributed by atoms with Crippen molar-refractivity contribution in [2.45, 2.75) is 26.7 Å². The summed E-state index contributed by atoms with van der Waals surface area (Å²) in [4.78, 5) is 0. The minimum absolute atomic E-state index is 0.600. The third kappa shape index (κ3) is 1.99. The molecular weight excluding hydrogens is 304 g/mol. The van der Waals surface area contributed by atoms with Crippen molar-refractivity contribution in [3.05, 3.63) is 22.8 Å². The smallest absolute Gasteiger partial charge is 0.160 e. The molecule has 0 aromatic carbocycles. The predicted octanol–water partition coefficient (Wildman–Crippen LogP) is 1.21. The van der Waals surface area contributed by atoms with E-state index in [1.54, 1.807) is 0 Å². The molecule has 110 valence electrons. The van der Waals surface area contributed by atoms with Gasteiger partial charge in [0.2, 0.25) is 0 Å². The molecule has 0 aliphatic carbocycles. The molecule has 0 radical (unpaired) electrons. The molecule has 0 spiro atoms. The highest BCUT2D eigenvalue weighted by molar-refractivity contribution is 7.00. The average molecular weight is 314 g/mol. The molecule has 0 fully saturated rings. The molecule has 4 rings (SSSR count). The Hall–Kier alpha value is -2.62. The SMILES string of the molecule is Cc1nnc(CCc2nnc(C)c3nsnc23)c2nonc12. The molecule has 22 heavy (non-hydrogen) atoms. The Balaban J connectivity index is 1.69. The highest BCUT2D eigenvalue weighted by atomic mass is 32.1. The predicted molar refractivity (Wildman–Crippen MR) is 77.3 cm³/mol. The van der Waals surface area contributed by atoms with Crippen molar-refractivity contribution in [2.24, 2.45) is 0 Å². The quantitative estimate of drug-likeness (QED) is 0.550. The molecule has 0 aliphatic rings. The summed E-state index contributed by atoms with van der Waals surface area (Å²) in [5, 5.41) is 24.4. The summed E-state index contributed by atoms with van der Waals surface area (Å²) in [5.74, 6) is 0. The number of hydrogen-bond donors (Lipinski definition) is 0. The van der Waals surface area contributed by atoms with Crippen LogP contribution < -0.4 is 0 Å². The van der Waals surface area contributed by atoms with E-state index in [0.717, 1.165) is 39.8 Å². The fourth-order valence-corrected chi connectivity index (χ4v) is 2.88. The van der Waals surface area contributed by atoms with Gasteiger partial charge in [-0.3, -0.25) is 0 Å². The molecule has 4 aromatic rings. The van der Waals surface area contributed by atoms with Gasteiger partial charge in [0.15, 0.2) is 11.0 Å². The minimum Gasteiger partial charge on any atom is -0.243 e. The van der Waals surface area contributed by atoms with Gasteiger partial charge in [-0.2, -0.15) is 29.1 Å². The van der Waals surface area contributed by atoms with Gasteiger partial charge in [-0.05, 0) is 37.0 Å². The molecule has 0 atom stereocenters. The molecular formula is C12H10N8OS. The monoisotopic (exact) mass is 314 g/mol. The van der Waals surface area contributed by atoms with Crippen LogP contribution in [-0.2, 0) is 12.8 Å². The van der Waals surface area contributed by atoms with Crippen LogP contribution in [0.15, 0.2) is 4.63 Å². The molecule has 0 unspecified atom stereocenters. The van der Waals surface area contributed by atoms with E-state index in [0.29, 0.717) is 29.6 Å². The van der Waals surface area contributed by atoms with Crippen molar-refractivity contribution in [1.29, 1.82) is 0 Å². The van der Waals surface area contributed by atoms with Crippen LogP contribution in [-0.4, -0.2) is 39.5 Å². The Kier molecular flexibility index (Phi) is 2.96. The first-order valence-corrected chi connectivity index (χ1v) is 7.36. The molecule has 9 nitrogen and oxygen atoms in total. The molecule has 0 saturated carbocycles. The fourth-order valence-electron chi connectivity index (χ4n) is 2.26. The molecule has 4 heterocycles. The minimum atomic E-state index is 0.600.